The van der Waals surface area contributed by atoms with Gasteiger partial charge in [0.05, 0.1) is 6.04 Å². The van der Waals surface area contributed by atoms with Gasteiger partial charge in [-0.2, -0.15) is 0 Å². The van der Waals surface area contributed by atoms with Crippen LogP contribution in [0.1, 0.15) is 39.7 Å². The molecule has 10 nitrogen and oxygen atoms in total. The van der Waals surface area contributed by atoms with Gasteiger partial charge < -0.3 is 31.8 Å². The van der Waals surface area contributed by atoms with Crippen molar-refractivity contribution in [3.8, 4) is 0 Å². The van der Waals surface area contributed by atoms with Gasteiger partial charge in [-0.3, -0.25) is 14.4 Å². The highest BCUT2D eigenvalue weighted by molar-refractivity contribution is 5.94. The molecule has 10 heteroatoms. The molecule has 0 bridgehead atoms. The van der Waals surface area contributed by atoms with E-state index in [9.17, 15) is 24.3 Å². The fourth-order valence-electron chi connectivity index (χ4n) is 3.38. The zero-order valence-corrected chi connectivity index (χ0v) is 19.3. The summed E-state index contributed by atoms with van der Waals surface area (Å²) >= 11 is 0. The number of carbonyl (C=O) groups excluding carboxylic acids is 3. The minimum atomic E-state index is -1.14. The quantitative estimate of drug-likeness (QED) is 0.289. The van der Waals surface area contributed by atoms with Crippen molar-refractivity contribution in [3.63, 3.8) is 0 Å². The first-order valence-corrected chi connectivity index (χ1v) is 11.0. The van der Waals surface area contributed by atoms with E-state index in [0.29, 0.717) is 6.42 Å². The van der Waals surface area contributed by atoms with Gasteiger partial charge in [0.2, 0.25) is 17.7 Å². The monoisotopic (exact) mass is 459 g/mol. The van der Waals surface area contributed by atoms with Crippen molar-refractivity contribution >= 4 is 34.6 Å². The topological polar surface area (TPSA) is 166 Å². The standard InChI is InChI=1S/C23H33N5O5/c1-5-12(2)19(23(32)33)28-21(30)14(4)26-20(29)13(3)27-22(31)17(24)10-15-11-25-18-9-7-6-8-16(15)18/h6-9,11-14,17,19,25H,5,10,24H2,1-4H3,(H,26,29)(H,27,31)(H,28,30)(H,32,33). The fourth-order valence-corrected chi connectivity index (χ4v) is 3.38. The van der Waals surface area contributed by atoms with Crippen LogP contribution < -0.4 is 21.7 Å². The number of nitrogens with one attached hydrogen (secondary N) is 4. The van der Waals surface area contributed by atoms with E-state index in [1.165, 1.54) is 13.8 Å². The van der Waals surface area contributed by atoms with Gasteiger partial charge in [0.25, 0.3) is 0 Å². The van der Waals surface area contributed by atoms with Gasteiger partial charge >= 0.3 is 5.97 Å². The molecular formula is C23H33N5O5. The third kappa shape index (κ3) is 6.79. The maximum Gasteiger partial charge on any atom is 0.326 e. The molecule has 0 radical (unpaired) electrons. The molecule has 3 amide bonds. The van der Waals surface area contributed by atoms with Gasteiger partial charge in [-0.15, -0.1) is 0 Å². The number of nitrogens with two attached hydrogens (primary N) is 1. The van der Waals surface area contributed by atoms with E-state index in [2.05, 4.69) is 20.9 Å². The summed E-state index contributed by atoms with van der Waals surface area (Å²) in [5.41, 5.74) is 7.88. The maximum absolute atomic E-state index is 12.5. The largest absolute Gasteiger partial charge is 0.480 e. The first-order chi connectivity index (χ1) is 15.5. The summed E-state index contributed by atoms with van der Waals surface area (Å²) in [4.78, 5) is 51.8. The Bertz CT molecular complexity index is 1000. The van der Waals surface area contributed by atoms with E-state index >= 15 is 0 Å². The Morgan fingerprint density at radius 2 is 1.55 bits per heavy atom. The molecule has 5 unspecified atom stereocenters. The van der Waals surface area contributed by atoms with Gasteiger partial charge in [0.1, 0.15) is 18.1 Å². The molecule has 0 fully saturated rings. The van der Waals surface area contributed by atoms with Crippen LogP contribution in [0.5, 0.6) is 0 Å². The first kappa shape index (κ1) is 25.9. The fraction of sp³-hybridized carbons (Fsp3) is 0.478. The van der Waals surface area contributed by atoms with Crippen molar-refractivity contribution in [3.05, 3.63) is 36.0 Å². The molecule has 2 rings (SSSR count). The van der Waals surface area contributed by atoms with E-state index in [0.717, 1.165) is 16.5 Å². The molecule has 7 N–H and O–H groups in total. The smallest absolute Gasteiger partial charge is 0.326 e. The predicted octanol–water partition coefficient (Wildman–Crippen LogP) is 0.663. The lowest BCUT2D eigenvalue weighted by Crippen LogP contribution is -2.56. The Hall–Kier alpha value is -3.40. The van der Waals surface area contributed by atoms with Crippen LogP contribution in [0.25, 0.3) is 10.9 Å². The third-order valence-electron chi connectivity index (χ3n) is 5.73. The van der Waals surface area contributed by atoms with Gasteiger partial charge in [0.15, 0.2) is 0 Å². The van der Waals surface area contributed by atoms with Crippen molar-refractivity contribution in [2.24, 2.45) is 11.7 Å². The Balaban J connectivity index is 1.88. The van der Waals surface area contributed by atoms with E-state index < -0.39 is 47.9 Å². The molecule has 1 aromatic carbocycles. The first-order valence-electron chi connectivity index (χ1n) is 11.0. The summed E-state index contributed by atoms with van der Waals surface area (Å²) in [7, 11) is 0. The molecule has 0 saturated carbocycles. The Labute approximate surface area is 192 Å². The SMILES string of the molecule is CCC(C)C(NC(=O)C(C)NC(=O)C(C)NC(=O)C(N)Cc1c[nH]c2ccccc12)C(=O)O. The van der Waals surface area contributed by atoms with Crippen LogP contribution in [0.4, 0.5) is 0 Å². The number of carbonyl (C=O) groups is 4. The molecule has 2 aromatic rings. The average molecular weight is 460 g/mol. The van der Waals surface area contributed by atoms with Crippen LogP contribution in [-0.2, 0) is 25.6 Å². The minimum Gasteiger partial charge on any atom is -0.480 e. The molecule has 0 aliphatic heterocycles. The highest BCUT2D eigenvalue weighted by Crippen LogP contribution is 2.18. The van der Waals surface area contributed by atoms with Gasteiger partial charge in [0, 0.05) is 17.1 Å². The predicted molar refractivity (Wildman–Crippen MR) is 124 cm³/mol. The number of rotatable bonds is 11. The summed E-state index contributed by atoms with van der Waals surface area (Å²) in [5, 5.41) is 17.8. The summed E-state index contributed by atoms with van der Waals surface area (Å²) in [5.74, 6) is -3.11. The normalized spacial score (nSPS) is 15.7. The van der Waals surface area contributed by atoms with Crippen molar-refractivity contribution in [1.29, 1.82) is 0 Å². The van der Waals surface area contributed by atoms with Crippen molar-refractivity contribution < 1.29 is 24.3 Å². The number of hydrogen-bond donors (Lipinski definition) is 6. The van der Waals surface area contributed by atoms with Crippen LogP contribution in [0.15, 0.2) is 30.5 Å². The van der Waals surface area contributed by atoms with Gasteiger partial charge in [-0.1, -0.05) is 38.5 Å². The number of aromatic amines is 1. The highest BCUT2D eigenvalue weighted by atomic mass is 16.4. The van der Waals surface area contributed by atoms with E-state index in [-0.39, 0.29) is 12.3 Å². The molecular weight excluding hydrogens is 426 g/mol. The number of carboxylic acid groups (broad SMARTS) is 1. The summed E-state index contributed by atoms with van der Waals surface area (Å²) < 4.78 is 0. The molecule has 5 atom stereocenters. The van der Waals surface area contributed by atoms with E-state index in [1.807, 2.05) is 31.2 Å². The molecule has 0 aliphatic carbocycles. The Morgan fingerprint density at radius 3 is 2.15 bits per heavy atom. The minimum absolute atomic E-state index is 0.272. The lowest BCUT2D eigenvalue weighted by atomic mass is 9.99. The van der Waals surface area contributed by atoms with Gasteiger partial charge in [-0.05, 0) is 37.8 Å². The number of hydrogen-bond acceptors (Lipinski definition) is 5. The lowest BCUT2D eigenvalue weighted by Gasteiger charge is -2.23. The van der Waals surface area contributed by atoms with Gasteiger partial charge in [-0.25, -0.2) is 4.79 Å². The second-order valence-corrected chi connectivity index (χ2v) is 8.34. The lowest BCUT2D eigenvalue weighted by molar-refractivity contribution is -0.143. The van der Waals surface area contributed by atoms with Crippen LogP contribution in [0.2, 0.25) is 0 Å². The van der Waals surface area contributed by atoms with Crippen LogP contribution in [0.3, 0.4) is 0 Å². The Morgan fingerprint density at radius 1 is 0.970 bits per heavy atom. The second-order valence-electron chi connectivity index (χ2n) is 8.34. The third-order valence-corrected chi connectivity index (χ3v) is 5.73. The van der Waals surface area contributed by atoms with Crippen molar-refractivity contribution in [2.75, 3.05) is 0 Å². The number of benzene rings is 1. The Kier molecular flexibility index (Phi) is 8.98. The van der Waals surface area contributed by atoms with E-state index in [1.54, 1.807) is 13.1 Å². The van der Waals surface area contributed by atoms with Crippen LogP contribution in [0, 0.1) is 5.92 Å². The zero-order valence-electron chi connectivity index (χ0n) is 19.3. The summed E-state index contributed by atoms with van der Waals surface area (Å²) in [6, 6.07) is 3.82. The molecule has 0 aliphatic rings. The van der Waals surface area contributed by atoms with E-state index in [4.69, 9.17) is 5.73 Å². The number of aliphatic carboxylic acids is 1. The van der Waals surface area contributed by atoms with Crippen molar-refractivity contribution in [2.45, 2.75) is 64.7 Å². The molecule has 180 valence electrons. The second kappa shape index (κ2) is 11.5. The maximum atomic E-state index is 12.5. The summed E-state index contributed by atoms with van der Waals surface area (Å²) in [6.07, 6.45) is 2.66. The number of para-hydroxylation sites is 1. The highest BCUT2D eigenvalue weighted by Gasteiger charge is 2.29. The molecule has 33 heavy (non-hydrogen) atoms. The molecule has 1 aromatic heterocycles. The number of aromatic nitrogens is 1. The van der Waals surface area contributed by atoms with Crippen molar-refractivity contribution in [1.82, 2.24) is 20.9 Å². The number of carboxylic acids is 1. The van der Waals surface area contributed by atoms with Crippen LogP contribution >= 0.6 is 0 Å². The number of fused-ring (bicyclic) bond motifs is 1. The summed E-state index contributed by atoms with van der Waals surface area (Å²) in [6.45, 7) is 6.47. The van der Waals surface area contributed by atoms with Crippen LogP contribution in [-0.4, -0.2) is 57.9 Å². The molecule has 0 spiro atoms. The average Bonchev–Trinajstić information content (AvgIpc) is 3.18. The number of H-pyrrole nitrogens is 1. The number of amides is 3. The molecule has 1 heterocycles. The molecule has 0 saturated heterocycles. The zero-order chi connectivity index (χ0) is 24.7.